The quantitative estimate of drug-likeness (QED) is 0.626. The second kappa shape index (κ2) is 6.02. The fourth-order valence-electron chi connectivity index (χ4n) is 3.79. The maximum Gasteiger partial charge on any atom is 0.196 e. The Hall–Kier alpha value is -3.00. The minimum atomic E-state index is -1.66. The molecule has 0 heterocycles. The fourth-order valence-corrected chi connectivity index (χ4v) is 3.79. The number of aromatic hydroxyl groups is 1. The smallest absolute Gasteiger partial charge is 0.196 e. The average Bonchev–Trinajstić information content (AvgIpc) is 2.67. The van der Waals surface area contributed by atoms with Crippen molar-refractivity contribution in [2.24, 2.45) is 0 Å². The Labute approximate surface area is 153 Å². The van der Waals surface area contributed by atoms with E-state index in [-0.39, 0.29) is 44.9 Å². The van der Waals surface area contributed by atoms with E-state index in [0.29, 0.717) is 5.56 Å². The molecule has 0 aliphatic heterocycles. The number of fused-ring (bicyclic) bond motifs is 3. The van der Waals surface area contributed by atoms with Crippen LogP contribution in [0.25, 0.3) is 5.57 Å². The van der Waals surface area contributed by atoms with E-state index in [9.17, 15) is 30.0 Å². The average molecular weight is 368 g/mol. The summed E-state index contributed by atoms with van der Waals surface area (Å²) in [4.78, 5) is 26.3. The topological polar surface area (TPSA) is 124 Å². The largest absolute Gasteiger partial charge is 0.507 e. The molecule has 2 aromatic rings. The molecule has 7 nitrogen and oxygen atoms in total. The molecule has 0 amide bonds. The first-order valence-electron chi connectivity index (χ1n) is 8.24. The van der Waals surface area contributed by atoms with Gasteiger partial charge in [-0.15, -0.1) is 0 Å². The Morgan fingerprint density at radius 3 is 2.44 bits per heavy atom. The van der Waals surface area contributed by atoms with E-state index in [0.717, 1.165) is 0 Å². The zero-order valence-corrected chi connectivity index (χ0v) is 14.3. The van der Waals surface area contributed by atoms with Crippen molar-refractivity contribution in [3.63, 3.8) is 0 Å². The van der Waals surface area contributed by atoms with Crippen molar-refractivity contribution < 1.29 is 34.8 Å². The highest BCUT2D eigenvalue weighted by Crippen LogP contribution is 2.48. The molecule has 2 aliphatic rings. The third-order valence-corrected chi connectivity index (χ3v) is 5.01. The van der Waals surface area contributed by atoms with Gasteiger partial charge in [0.15, 0.2) is 11.6 Å². The third kappa shape index (κ3) is 2.26. The molecular formula is C20H16O7. The van der Waals surface area contributed by atoms with Gasteiger partial charge in [0.25, 0.3) is 0 Å². The van der Waals surface area contributed by atoms with Crippen molar-refractivity contribution in [1.29, 1.82) is 0 Å². The summed E-state index contributed by atoms with van der Waals surface area (Å²) in [5.74, 6) is -1.37. The first-order chi connectivity index (χ1) is 12.9. The molecule has 2 atom stereocenters. The zero-order chi connectivity index (χ0) is 19.5. The summed E-state index contributed by atoms with van der Waals surface area (Å²) >= 11 is 0. The number of carbonyl (C=O) groups excluding carboxylic acids is 2. The van der Waals surface area contributed by atoms with E-state index >= 15 is 0 Å². The van der Waals surface area contributed by atoms with Crippen LogP contribution < -0.4 is 4.74 Å². The maximum atomic E-state index is 13.2. The number of phenolic OH excluding ortho intramolecular Hbond substituents is 1. The van der Waals surface area contributed by atoms with Crippen LogP contribution >= 0.6 is 0 Å². The lowest BCUT2D eigenvalue weighted by Gasteiger charge is -2.34. The maximum absolute atomic E-state index is 13.2. The van der Waals surface area contributed by atoms with Gasteiger partial charge in [-0.25, -0.2) is 0 Å². The number of phenols is 1. The van der Waals surface area contributed by atoms with Crippen molar-refractivity contribution in [3.8, 4) is 11.5 Å². The summed E-state index contributed by atoms with van der Waals surface area (Å²) in [5.41, 5.74) is 0.0746. The standard InChI is InChI=1S/C20H16O7/c1-27-12-4-2-3-9-14(12)19(25)16-15(17(9)23)13-10(18(24)20(16)26)5-8(7-21)6-11(13)22/h2-6,18,20-22,24,26H,7H2,1H3. The summed E-state index contributed by atoms with van der Waals surface area (Å²) in [5, 5.41) is 40.9. The van der Waals surface area contributed by atoms with Crippen molar-refractivity contribution in [1.82, 2.24) is 0 Å². The number of rotatable bonds is 2. The highest BCUT2D eigenvalue weighted by Gasteiger charge is 2.45. The SMILES string of the molecule is COc1cccc2c1C(=O)C1=C(C2=O)c2c(O)cc(CO)cc2C(O)C1O. The molecule has 0 saturated carbocycles. The third-order valence-electron chi connectivity index (χ3n) is 5.01. The number of ketones is 2. The van der Waals surface area contributed by atoms with Crippen LogP contribution in [0.15, 0.2) is 35.9 Å². The normalized spacial score (nSPS) is 20.9. The second-order valence-corrected chi connectivity index (χ2v) is 6.46. The Morgan fingerprint density at radius 1 is 1.04 bits per heavy atom. The van der Waals surface area contributed by atoms with Crippen LogP contribution in [0.3, 0.4) is 0 Å². The predicted octanol–water partition coefficient (Wildman–Crippen LogP) is 1.13. The van der Waals surface area contributed by atoms with Crippen LogP contribution in [0, 0.1) is 0 Å². The van der Waals surface area contributed by atoms with Crippen molar-refractivity contribution in [2.75, 3.05) is 7.11 Å². The summed E-state index contributed by atoms with van der Waals surface area (Å²) in [7, 11) is 1.36. The number of methoxy groups -OCH3 is 1. The lowest BCUT2D eigenvalue weighted by atomic mass is 9.71. The van der Waals surface area contributed by atoms with Gasteiger partial charge < -0.3 is 25.2 Å². The van der Waals surface area contributed by atoms with Gasteiger partial charge in [-0.3, -0.25) is 9.59 Å². The first-order valence-corrected chi connectivity index (χ1v) is 8.24. The lowest BCUT2D eigenvalue weighted by Crippen LogP contribution is -2.36. The van der Waals surface area contributed by atoms with E-state index in [1.807, 2.05) is 0 Å². The number of benzene rings is 2. The van der Waals surface area contributed by atoms with Crippen LogP contribution in [-0.4, -0.2) is 45.2 Å². The van der Waals surface area contributed by atoms with Gasteiger partial charge in [0, 0.05) is 22.3 Å². The molecule has 2 unspecified atom stereocenters. The van der Waals surface area contributed by atoms with Gasteiger partial charge in [-0.1, -0.05) is 12.1 Å². The molecule has 7 heteroatoms. The van der Waals surface area contributed by atoms with Crippen molar-refractivity contribution in [3.05, 3.63) is 63.7 Å². The molecular weight excluding hydrogens is 352 g/mol. The Balaban J connectivity index is 2.06. The van der Waals surface area contributed by atoms with E-state index in [4.69, 9.17) is 4.74 Å². The van der Waals surface area contributed by atoms with Gasteiger partial charge in [-0.2, -0.15) is 0 Å². The fraction of sp³-hybridized carbons (Fsp3) is 0.200. The molecule has 138 valence electrons. The molecule has 0 aromatic heterocycles. The Kier molecular flexibility index (Phi) is 3.88. The highest BCUT2D eigenvalue weighted by atomic mass is 16.5. The highest BCUT2D eigenvalue weighted by molar-refractivity contribution is 6.42. The number of ether oxygens (including phenoxy) is 1. The van der Waals surface area contributed by atoms with Gasteiger partial charge in [0.05, 0.1) is 19.3 Å². The summed E-state index contributed by atoms with van der Waals surface area (Å²) in [6.07, 6.45) is -3.19. The van der Waals surface area contributed by atoms with E-state index in [1.54, 1.807) is 6.07 Å². The van der Waals surface area contributed by atoms with Gasteiger partial charge in [0.2, 0.25) is 0 Å². The minimum Gasteiger partial charge on any atom is -0.507 e. The molecule has 2 aliphatic carbocycles. The number of aliphatic hydroxyl groups excluding tert-OH is 3. The van der Waals surface area contributed by atoms with Crippen LogP contribution in [0.5, 0.6) is 11.5 Å². The molecule has 2 aromatic carbocycles. The number of hydrogen-bond donors (Lipinski definition) is 4. The van der Waals surface area contributed by atoms with Crippen LogP contribution in [0.1, 0.15) is 43.5 Å². The summed E-state index contributed by atoms with van der Waals surface area (Å²) in [6, 6.07) is 7.22. The number of aliphatic hydroxyl groups is 3. The van der Waals surface area contributed by atoms with E-state index in [2.05, 4.69) is 0 Å². The molecule has 0 bridgehead atoms. The lowest BCUT2D eigenvalue weighted by molar-refractivity contribution is 0.0362. The zero-order valence-electron chi connectivity index (χ0n) is 14.3. The molecule has 4 N–H and O–H groups in total. The first kappa shape index (κ1) is 17.4. The van der Waals surface area contributed by atoms with Crippen LogP contribution in [0.2, 0.25) is 0 Å². The number of Topliss-reactive ketones (excluding diaryl/α,β-unsaturated/α-hetero) is 2. The second-order valence-electron chi connectivity index (χ2n) is 6.46. The van der Waals surface area contributed by atoms with E-state index in [1.165, 1.54) is 31.4 Å². The molecule has 0 radical (unpaired) electrons. The van der Waals surface area contributed by atoms with Gasteiger partial charge >= 0.3 is 0 Å². The molecule has 4 rings (SSSR count). The Bertz CT molecular complexity index is 1030. The van der Waals surface area contributed by atoms with Crippen LogP contribution in [0.4, 0.5) is 0 Å². The predicted molar refractivity (Wildman–Crippen MR) is 93.6 cm³/mol. The molecule has 0 saturated heterocycles. The van der Waals surface area contributed by atoms with Crippen LogP contribution in [-0.2, 0) is 6.61 Å². The number of carbonyl (C=O) groups is 2. The molecule has 0 spiro atoms. The Morgan fingerprint density at radius 2 is 1.78 bits per heavy atom. The number of allylic oxidation sites excluding steroid dienone is 1. The molecule has 0 fully saturated rings. The number of hydrogen-bond acceptors (Lipinski definition) is 7. The van der Waals surface area contributed by atoms with Crippen molar-refractivity contribution >= 4 is 17.1 Å². The van der Waals surface area contributed by atoms with Crippen molar-refractivity contribution in [2.45, 2.75) is 18.8 Å². The summed E-state index contributed by atoms with van der Waals surface area (Å²) < 4.78 is 5.18. The molecule has 27 heavy (non-hydrogen) atoms. The summed E-state index contributed by atoms with van der Waals surface area (Å²) in [6.45, 7) is -0.400. The monoisotopic (exact) mass is 368 g/mol. The minimum absolute atomic E-state index is 0.00757. The van der Waals surface area contributed by atoms with E-state index < -0.39 is 30.4 Å². The van der Waals surface area contributed by atoms with Gasteiger partial charge in [0.1, 0.15) is 23.7 Å². The van der Waals surface area contributed by atoms with Gasteiger partial charge in [-0.05, 0) is 29.3 Å².